The molecule has 0 atom stereocenters. The summed E-state index contributed by atoms with van der Waals surface area (Å²) in [4.78, 5) is 2.41. The average molecular weight is 729 g/mol. The highest BCUT2D eigenvalue weighted by molar-refractivity contribution is 6.27. The van der Waals surface area contributed by atoms with E-state index in [2.05, 4.69) is 222 Å². The summed E-state index contributed by atoms with van der Waals surface area (Å²) in [6, 6.07) is 78.1. The van der Waals surface area contributed by atoms with E-state index in [1.54, 1.807) is 0 Å². The van der Waals surface area contributed by atoms with Gasteiger partial charge >= 0.3 is 0 Å². The molecular formula is C54H36N2O. The normalized spacial score (nSPS) is 11.5. The molecule has 0 spiro atoms. The first-order valence-corrected chi connectivity index (χ1v) is 19.4. The fraction of sp³-hybridized carbons (Fsp3) is 0. The molecule has 11 aromatic rings. The van der Waals surface area contributed by atoms with Gasteiger partial charge in [-0.15, -0.1) is 0 Å². The summed E-state index contributed by atoms with van der Waals surface area (Å²) in [7, 11) is 0. The number of rotatable bonds is 7. The lowest BCUT2D eigenvalue weighted by molar-refractivity contribution is 0.669. The zero-order valence-corrected chi connectivity index (χ0v) is 31.1. The molecule has 0 fully saturated rings. The minimum Gasteiger partial charge on any atom is -0.456 e. The smallest absolute Gasteiger partial charge is 0.138 e. The van der Waals surface area contributed by atoms with Crippen molar-refractivity contribution in [3.8, 4) is 39.1 Å². The standard InChI is InChI=1S/C54H36N2O/c1-5-17-37(18-6-1)38-29-31-42(32-30-38)55(47-27-15-13-25-44(47)39-19-7-2-8-20-39)43-33-34-48-46(35-43)53-49(56(48)41-23-11-4-12-24-41)36-51-54(45-26-14-16-28-50(45)57-51)52(53)40-21-9-3-10-22-40/h1-36H. The first-order valence-electron chi connectivity index (χ1n) is 19.4. The Morgan fingerprint density at radius 2 is 0.947 bits per heavy atom. The summed E-state index contributed by atoms with van der Waals surface area (Å²) >= 11 is 0. The van der Waals surface area contributed by atoms with Gasteiger partial charge in [0.25, 0.3) is 0 Å². The van der Waals surface area contributed by atoms with Crippen LogP contribution in [0, 0.1) is 0 Å². The van der Waals surface area contributed by atoms with Gasteiger partial charge < -0.3 is 13.9 Å². The third-order valence-corrected chi connectivity index (χ3v) is 11.2. The van der Waals surface area contributed by atoms with Gasteiger partial charge in [0, 0.05) is 55.8 Å². The van der Waals surface area contributed by atoms with Crippen molar-refractivity contribution in [1.29, 1.82) is 0 Å². The number of aromatic nitrogens is 1. The average Bonchev–Trinajstić information content (AvgIpc) is 3.82. The predicted molar refractivity (Wildman–Crippen MR) is 239 cm³/mol. The van der Waals surface area contributed by atoms with Crippen LogP contribution in [0.4, 0.5) is 17.1 Å². The Bertz CT molecular complexity index is 3200. The molecule has 0 aliphatic carbocycles. The molecule has 9 aromatic carbocycles. The van der Waals surface area contributed by atoms with Gasteiger partial charge in [-0.1, -0.05) is 158 Å². The van der Waals surface area contributed by atoms with E-state index in [0.717, 1.165) is 66.8 Å². The zero-order chi connectivity index (χ0) is 37.7. The van der Waals surface area contributed by atoms with Gasteiger partial charge in [-0.2, -0.15) is 0 Å². The van der Waals surface area contributed by atoms with E-state index in [9.17, 15) is 0 Å². The van der Waals surface area contributed by atoms with Gasteiger partial charge in [0.05, 0.1) is 16.7 Å². The molecule has 0 aliphatic rings. The number of hydrogen-bond donors (Lipinski definition) is 0. The Labute approximate surface area is 330 Å². The Morgan fingerprint density at radius 3 is 1.68 bits per heavy atom. The molecule has 3 nitrogen and oxygen atoms in total. The van der Waals surface area contributed by atoms with Crippen LogP contribution in [0.2, 0.25) is 0 Å². The van der Waals surface area contributed by atoms with Gasteiger partial charge in [0.15, 0.2) is 0 Å². The molecule has 3 heteroatoms. The lowest BCUT2D eigenvalue weighted by atomic mass is 9.94. The van der Waals surface area contributed by atoms with Crippen LogP contribution in [-0.2, 0) is 0 Å². The monoisotopic (exact) mass is 728 g/mol. The fourth-order valence-electron chi connectivity index (χ4n) is 8.65. The van der Waals surface area contributed by atoms with E-state index in [1.165, 1.54) is 33.0 Å². The van der Waals surface area contributed by atoms with Crippen molar-refractivity contribution in [2.75, 3.05) is 4.90 Å². The van der Waals surface area contributed by atoms with Gasteiger partial charge in [0.2, 0.25) is 0 Å². The second kappa shape index (κ2) is 13.6. The van der Waals surface area contributed by atoms with E-state index in [-0.39, 0.29) is 0 Å². The number of nitrogens with zero attached hydrogens (tertiary/aromatic N) is 2. The summed E-state index contributed by atoms with van der Waals surface area (Å²) in [5.41, 5.74) is 15.4. The molecule has 0 saturated carbocycles. The van der Waals surface area contributed by atoms with Gasteiger partial charge in [-0.25, -0.2) is 0 Å². The van der Waals surface area contributed by atoms with E-state index in [4.69, 9.17) is 4.42 Å². The van der Waals surface area contributed by atoms with Gasteiger partial charge in [-0.05, 0) is 76.9 Å². The van der Waals surface area contributed by atoms with Crippen molar-refractivity contribution in [2.45, 2.75) is 0 Å². The summed E-state index contributed by atoms with van der Waals surface area (Å²) in [6.07, 6.45) is 0. The van der Waals surface area contributed by atoms with Crippen LogP contribution in [-0.4, -0.2) is 4.57 Å². The summed E-state index contributed by atoms with van der Waals surface area (Å²) in [6.45, 7) is 0. The van der Waals surface area contributed by atoms with Crippen LogP contribution in [0.15, 0.2) is 223 Å². The van der Waals surface area contributed by atoms with Crippen LogP contribution in [0.5, 0.6) is 0 Å². The molecule has 11 rings (SSSR count). The highest BCUT2D eigenvalue weighted by atomic mass is 16.3. The lowest BCUT2D eigenvalue weighted by Gasteiger charge is -2.28. The quantitative estimate of drug-likeness (QED) is 0.163. The lowest BCUT2D eigenvalue weighted by Crippen LogP contribution is -2.11. The molecule has 2 heterocycles. The van der Waals surface area contributed by atoms with Crippen molar-refractivity contribution in [2.24, 2.45) is 0 Å². The topological polar surface area (TPSA) is 21.3 Å². The van der Waals surface area contributed by atoms with Crippen molar-refractivity contribution in [3.05, 3.63) is 218 Å². The highest BCUT2D eigenvalue weighted by Gasteiger charge is 2.25. The number of anilines is 3. The van der Waals surface area contributed by atoms with Crippen LogP contribution in [0.1, 0.15) is 0 Å². The van der Waals surface area contributed by atoms with Crippen LogP contribution >= 0.6 is 0 Å². The molecule has 0 amide bonds. The van der Waals surface area contributed by atoms with E-state index >= 15 is 0 Å². The Balaban J connectivity index is 1.24. The molecule has 0 unspecified atom stereocenters. The van der Waals surface area contributed by atoms with Gasteiger partial charge in [-0.3, -0.25) is 0 Å². The van der Waals surface area contributed by atoms with E-state index in [1.807, 2.05) is 6.07 Å². The maximum atomic E-state index is 6.66. The molecule has 0 aliphatic heterocycles. The van der Waals surface area contributed by atoms with Crippen molar-refractivity contribution >= 4 is 60.8 Å². The van der Waals surface area contributed by atoms with Crippen LogP contribution in [0.3, 0.4) is 0 Å². The maximum Gasteiger partial charge on any atom is 0.138 e. The van der Waals surface area contributed by atoms with E-state index in [0.29, 0.717) is 0 Å². The van der Waals surface area contributed by atoms with Crippen molar-refractivity contribution in [1.82, 2.24) is 4.57 Å². The highest BCUT2D eigenvalue weighted by Crippen LogP contribution is 2.48. The Kier molecular flexibility index (Phi) is 7.82. The van der Waals surface area contributed by atoms with E-state index < -0.39 is 0 Å². The third-order valence-electron chi connectivity index (χ3n) is 11.2. The molecule has 0 N–H and O–H groups in total. The van der Waals surface area contributed by atoms with Crippen LogP contribution < -0.4 is 4.90 Å². The molecule has 2 aromatic heterocycles. The molecule has 0 radical (unpaired) electrons. The van der Waals surface area contributed by atoms with Crippen molar-refractivity contribution < 1.29 is 4.42 Å². The van der Waals surface area contributed by atoms with Crippen LogP contribution in [0.25, 0.3) is 82.8 Å². The second-order valence-corrected chi connectivity index (χ2v) is 14.5. The number of para-hydroxylation sites is 3. The molecular weight excluding hydrogens is 693 g/mol. The number of fused-ring (bicyclic) bond motifs is 6. The molecule has 0 bridgehead atoms. The number of furan rings is 1. The molecule has 0 saturated heterocycles. The zero-order valence-electron chi connectivity index (χ0n) is 31.1. The second-order valence-electron chi connectivity index (χ2n) is 14.5. The number of benzene rings is 9. The largest absolute Gasteiger partial charge is 0.456 e. The first-order chi connectivity index (χ1) is 28.3. The molecule has 57 heavy (non-hydrogen) atoms. The predicted octanol–water partition coefficient (Wildman–Crippen LogP) is 15.2. The molecule has 268 valence electrons. The van der Waals surface area contributed by atoms with Crippen molar-refractivity contribution in [3.63, 3.8) is 0 Å². The maximum absolute atomic E-state index is 6.66. The fourth-order valence-corrected chi connectivity index (χ4v) is 8.65. The number of hydrogen-bond acceptors (Lipinski definition) is 2. The third kappa shape index (κ3) is 5.51. The first kappa shape index (κ1) is 32.8. The summed E-state index contributed by atoms with van der Waals surface area (Å²) in [5, 5.41) is 4.60. The SMILES string of the molecule is c1ccc(-c2ccc(N(c3ccc4c(c3)c3c(-c5ccccc5)c5c(cc3n4-c3ccccc3)oc3ccccc35)c3ccccc3-c3ccccc3)cc2)cc1. The van der Waals surface area contributed by atoms with Gasteiger partial charge in [0.1, 0.15) is 11.2 Å². The minimum absolute atomic E-state index is 0.875. The summed E-state index contributed by atoms with van der Waals surface area (Å²) < 4.78 is 9.06. The Morgan fingerprint density at radius 1 is 0.368 bits per heavy atom. The summed E-state index contributed by atoms with van der Waals surface area (Å²) in [5.74, 6) is 0. The minimum atomic E-state index is 0.875. The Hall–Kier alpha value is -7.62.